The zero-order chi connectivity index (χ0) is 15.1. The predicted octanol–water partition coefficient (Wildman–Crippen LogP) is 1.18. The number of nitrogens with zero attached hydrogens (tertiary/aromatic N) is 3. The van der Waals surface area contributed by atoms with Crippen LogP contribution < -0.4 is 15.4 Å². The highest BCUT2D eigenvalue weighted by atomic mass is 16.2. The SMILES string of the molecule is O=C(c1ccc(=O)[nH]n1)N1CCN2CCCc3cccc1c32. The lowest BCUT2D eigenvalue weighted by atomic mass is 9.98. The number of H-pyrrole nitrogens is 1. The maximum absolute atomic E-state index is 12.7. The van der Waals surface area contributed by atoms with Crippen LogP contribution in [0.15, 0.2) is 35.1 Å². The first kappa shape index (κ1) is 13.1. The minimum absolute atomic E-state index is 0.171. The normalized spacial score (nSPS) is 16.4. The van der Waals surface area contributed by atoms with Gasteiger partial charge >= 0.3 is 0 Å². The Hall–Kier alpha value is -2.63. The van der Waals surface area contributed by atoms with Gasteiger partial charge in [-0.1, -0.05) is 12.1 Å². The molecule has 2 aromatic rings. The van der Waals surface area contributed by atoms with E-state index in [4.69, 9.17) is 0 Å². The van der Waals surface area contributed by atoms with E-state index in [0.29, 0.717) is 6.54 Å². The van der Waals surface area contributed by atoms with Gasteiger partial charge in [-0.2, -0.15) is 5.10 Å². The number of aromatic amines is 1. The van der Waals surface area contributed by atoms with E-state index in [0.717, 1.165) is 31.6 Å². The van der Waals surface area contributed by atoms with Crippen molar-refractivity contribution in [2.75, 3.05) is 29.4 Å². The quantitative estimate of drug-likeness (QED) is 0.858. The molecule has 0 atom stereocenters. The minimum atomic E-state index is -0.307. The number of para-hydroxylation sites is 1. The van der Waals surface area contributed by atoms with Crippen molar-refractivity contribution in [1.29, 1.82) is 0 Å². The summed E-state index contributed by atoms with van der Waals surface area (Å²) in [5, 5.41) is 6.18. The Morgan fingerprint density at radius 1 is 1.14 bits per heavy atom. The number of anilines is 2. The molecule has 2 aliphatic rings. The van der Waals surface area contributed by atoms with Crippen molar-refractivity contribution >= 4 is 17.3 Å². The highest BCUT2D eigenvalue weighted by Gasteiger charge is 2.31. The first-order chi connectivity index (χ1) is 10.7. The fraction of sp³-hybridized carbons (Fsp3) is 0.312. The van der Waals surface area contributed by atoms with Crippen LogP contribution >= 0.6 is 0 Å². The summed E-state index contributed by atoms with van der Waals surface area (Å²) in [5.41, 5.74) is 3.38. The molecule has 0 unspecified atom stereocenters. The van der Waals surface area contributed by atoms with Gasteiger partial charge in [-0.05, 0) is 30.5 Å². The highest BCUT2D eigenvalue weighted by molar-refractivity contribution is 6.07. The van der Waals surface area contributed by atoms with Gasteiger partial charge in [0.2, 0.25) is 0 Å². The van der Waals surface area contributed by atoms with E-state index in [1.807, 2.05) is 12.1 Å². The summed E-state index contributed by atoms with van der Waals surface area (Å²) in [5.74, 6) is -0.171. The standard InChI is InChI=1S/C16H16N4O2/c21-14-7-6-12(17-18-14)16(22)20-10-9-19-8-2-4-11-3-1-5-13(20)15(11)19/h1,3,5-7H,2,4,8-10H2,(H,18,21). The van der Waals surface area contributed by atoms with E-state index in [1.54, 1.807) is 4.90 Å². The van der Waals surface area contributed by atoms with E-state index in [9.17, 15) is 9.59 Å². The van der Waals surface area contributed by atoms with Crippen LogP contribution in [-0.2, 0) is 6.42 Å². The minimum Gasteiger partial charge on any atom is -0.368 e. The number of carbonyl (C=O) groups excluding carboxylic acids is 1. The number of carbonyl (C=O) groups is 1. The second kappa shape index (κ2) is 4.98. The number of hydrogen-bond acceptors (Lipinski definition) is 4. The summed E-state index contributed by atoms with van der Waals surface area (Å²) in [7, 11) is 0. The Labute approximate surface area is 127 Å². The topological polar surface area (TPSA) is 69.3 Å². The van der Waals surface area contributed by atoms with E-state index in [1.165, 1.54) is 23.4 Å². The Bertz CT molecular complexity index is 778. The third-order valence-electron chi connectivity index (χ3n) is 4.32. The lowest BCUT2D eigenvalue weighted by Gasteiger charge is -2.41. The Morgan fingerprint density at radius 2 is 2.05 bits per heavy atom. The second-order valence-corrected chi connectivity index (χ2v) is 5.64. The van der Waals surface area contributed by atoms with E-state index in [2.05, 4.69) is 21.2 Å². The van der Waals surface area contributed by atoms with Gasteiger partial charge < -0.3 is 9.80 Å². The third-order valence-corrected chi connectivity index (χ3v) is 4.32. The van der Waals surface area contributed by atoms with Crippen LogP contribution in [-0.4, -0.2) is 35.7 Å². The molecule has 0 aliphatic carbocycles. The molecule has 1 aromatic carbocycles. The van der Waals surface area contributed by atoms with Crippen molar-refractivity contribution in [2.45, 2.75) is 12.8 Å². The molecular formula is C16H16N4O2. The van der Waals surface area contributed by atoms with E-state index in [-0.39, 0.29) is 17.2 Å². The third kappa shape index (κ3) is 1.99. The molecule has 0 saturated heterocycles. The van der Waals surface area contributed by atoms with Crippen molar-refractivity contribution in [3.63, 3.8) is 0 Å². The van der Waals surface area contributed by atoms with Crippen LogP contribution in [0.25, 0.3) is 0 Å². The summed E-state index contributed by atoms with van der Waals surface area (Å²) in [6.45, 7) is 2.51. The first-order valence-corrected chi connectivity index (χ1v) is 7.48. The summed E-state index contributed by atoms with van der Waals surface area (Å²) in [6, 6.07) is 8.93. The number of benzene rings is 1. The van der Waals surface area contributed by atoms with Crippen LogP contribution in [0.2, 0.25) is 0 Å². The number of aryl methyl sites for hydroxylation is 1. The van der Waals surface area contributed by atoms with Gasteiger partial charge in [0.05, 0.1) is 11.4 Å². The smallest absolute Gasteiger partial charge is 0.278 e. The van der Waals surface area contributed by atoms with Gasteiger partial charge in [0.15, 0.2) is 0 Å². The zero-order valence-electron chi connectivity index (χ0n) is 12.1. The number of aromatic nitrogens is 2. The maximum Gasteiger partial charge on any atom is 0.278 e. The van der Waals surface area contributed by atoms with Crippen LogP contribution in [0.4, 0.5) is 11.4 Å². The van der Waals surface area contributed by atoms with Gasteiger partial charge in [-0.15, -0.1) is 0 Å². The van der Waals surface area contributed by atoms with Gasteiger partial charge in [0, 0.05) is 25.7 Å². The zero-order valence-corrected chi connectivity index (χ0v) is 12.1. The molecule has 0 bridgehead atoms. The molecule has 0 radical (unpaired) electrons. The predicted molar refractivity (Wildman–Crippen MR) is 83.5 cm³/mol. The first-order valence-electron chi connectivity index (χ1n) is 7.48. The molecule has 2 aliphatic heterocycles. The molecule has 0 spiro atoms. The summed E-state index contributed by atoms with van der Waals surface area (Å²) in [4.78, 5) is 27.9. The van der Waals surface area contributed by atoms with Gasteiger partial charge in [-0.3, -0.25) is 9.59 Å². The monoisotopic (exact) mass is 296 g/mol. The fourth-order valence-electron chi connectivity index (χ4n) is 3.31. The van der Waals surface area contributed by atoms with Gasteiger partial charge in [0.1, 0.15) is 5.69 Å². The van der Waals surface area contributed by atoms with Crippen molar-refractivity contribution in [3.05, 3.63) is 51.9 Å². The molecule has 4 rings (SSSR count). The van der Waals surface area contributed by atoms with E-state index < -0.39 is 0 Å². The number of nitrogens with one attached hydrogen (secondary N) is 1. The molecule has 112 valence electrons. The van der Waals surface area contributed by atoms with Crippen LogP contribution in [0, 0.1) is 0 Å². The van der Waals surface area contributed by atoms with Crippen molar-refractivity contribution < 1.29 is 4.79 Å². The maximum atomic E-state index is 12.7. The second-order valence-electron chi connectivity index (χ2n) is 5.64. The molecule has 3 heterocycles. The van der Waals surface area contributed by atoms with Crippen LogP contribution in [0.1, 0.15) is 22.5 Å². The lowest BCUT2D eigenvalue weighted by molar-refractivity contribution is 0.0980. The molecule has 1 aromatic heterocycles. The fourth-order valence-corrected chi connectivity index (χ4v) is 3.31. The molecule has 6 heteroatoms. The largest absolute Gasteiger partial charge is 0.368 e. The van der Waals surface area contributed by atoms with Gasteiger partial charge in [0.25, 0.3) is 11.5 Å². The Morgan fingerprint density at radius 3 is 2.86 bits per heavy atom. The molecule has 22 heavy (non-hydrogen) atoms. The number of hydrogen-bond donors (Lipinski definition) is 1. The summed E-state index contributed by atoms with van der Waals surface area (Å²) in [6.07, 6.45) is 2.21. The Kier molecular flexibility index (Phi) is 2.96. The lowest BCUT2D eigenvalue weighted by Crippen LogP contribution is -2.46. The molecular weight excluding hydrogens is 280 g/mol. The summed E-state index contributed by atoms with van der Waals surface area (Å²) >= 11 is 0. The highest BCUT2D eigenvalue weighted by Crippen LogP contribution is 2.39. The average molecular weight is 296 g/mol. The number of amides is 1. The summed E-state index contributed by atoms with van der Waals surface area (Å²) < 4.78 is 0. The van der Waals surface area contributed by atoms with E-state index >= 15 is 0 Å². The van der Waals surface area contributed by atoms with Crippen molar-refractivity contribution in [2.24, 2.45) is 0 Å². The van der Waals surface area contributed by atoms with Gasteiger partial charge in [-0.25, -0.2) is 5.10 Å². The molecule has 6 nitrogen and oxygen atoms in total. The van der Waals surface area contributed by atoms with Crippen molar-refractivity contribution in [1.82, 2.24) is 10.2 Å². The molecule has 0 fully saturated rings. The van der Waals surface area contributed by atoms with Crippen LogP contribution in [0.3, 0.4) is 0 Å². The molecule has 1 N–H and O–H groups in total. The van der Waals surface area contributed by atoms with Crippen molar-refractivity contribution in [3.8, 4) is 0 Å². The van der Waals surface area contributed by atoms with Crippen LogP contribution in [0.5, 0.6) is 0 Å². The average Bonchev–Trinajstić information content (AvgIpc) is 2.56. The molecule has 0 saturated carbocycles. The molecule has 1 amide bonds. The Balaban J connectivity index is 1.76. The number of rotatable bonds is 1.